The van der Waals surface area contributed by atoms with Gasteiger partial charge in [0.1, 0.15) is 17.6 Å². The van der Waals surface area contributed by atoms with Crippen LogP contribution in [-0.2, 0) is 4.79 Å². The van der Waals surface area contributed by atoms with Gasteiger partial charge in [0.05, 0.1) is 12.8 Å². The van der Waals surface area contributed by atoms with Crippen LogP contribution in [0.4, 0.5) is 10.1 Å². The van der Waals surface area contributed by atoms with Crippen molar-refractivity contribution in [1.29, 1.82) is 0 Å². The number of rotatable bonds is 5. The third kappa shape index (κ3) is 3.91. The second-order valence-electron chi connectivity index (χ2n) is 4.37. The number of halogens is 1. The van der Waals surface area contributed by atoms with Crippen molar-refractivity contribution in [2.24, 2.45) is 0 Å². The van der Waals surface area contributed by atoms with Crippen molar-refractivity contribution in [2.75, 3.05) is 12.4 Å². The third-order valence-electron chi connectivity index (χ3n) is 2.36. The van der Waals surface area contributed by atoms with Crippen molar-refractivity contribution in [2.45, 2.75) is 32.9 Å². The number of hydrogen-bond acceptors (Lipinski definition) is 3. The first-order valence-corrected chi connectivity index (χ1v) is 5.84. The molecule has 0 saturated carbocycles. The summed E-state index contributed by atoms with van der Waals surface area (Å²) in [5.74, 6) is -0.118. The average Bonchev–Trinajstić information content (AvgIpc) is 2.30. The molecule has 0 aliphatic carbocycles. The molecule has 1 atom stereocenters. The minimum atomic E-state index is -0.424. The highest BCUT2D eigenvalue weighted by atomic mass is 19.1. The summed E-state index contributed by atoms with van der Waals surface area (Å²) in [6.45, 7) is 5.52. The summed E-state index contributed by atoms with van der Waals surface area (Å²) in [6.07, 6.45) is 0. The van der Waals surface area contributed by atoms with Gasteiger partial charge in [0.25, 0.3) is 0 Å². The van der Waals surface area contributed by atoms with Crippen molar-refractivity contribution in [1.82, 2.24) is 5.32 Å². The molecule has 4 nitrogen and oxygen atoms in total. The van der Waals surface area contributed by atoms with Crippen LogP contribution in [0.1, 0.15) is 20.8 Å². The number of benzene rings is 1. The molecule has 0 spiro atoms. The number of carbonyl (C=O) groups is 1. The SMILES string of the molecule is COc1cc(F)ccc1NC(C)C(=O)NC(C)C. The van der Waals surface area contributed by atoms with Gasteiger partial charge >= 0.3 is 0 Å². The maximum Gasteiger partial charge on any atom is 0.242 e. The standard InChI is InChI=1S/C13H19FN2O2/c1-8(2)15-13(17)9(3)16-11-6-5-10(14)7-12(11)18-4/h5-9,16H,1-4H3,(H,15,17). The highest BCUT2D eigenvalue weighted by Gasteiger charge is 2.15. The third-order valence-corrected chi connectivity index (χ3v) is 2.36. The van der Waals surface area contributed by atoms with Crippen LogP contribution in [0.5, 0.6) is 5.75 Å². The van der Waals surface area contributed by atoms with Crippen LogP contribution in [0.15, 0.2) is 18.2 Å². The second-order valence-corrected chi connectivity index (χ2v) is 4.37. The lowest BCUT2D eigenvalue weighted by molar-refractivity contribution is -0.122. The molecule has 0 aliphatic heterocycles. The molecule has 5 heteroatoms. The van der Waals surface area contributed by atoms with Gasteiger partial charge in [-0.2, -0.15) is 0 Å². The first kappa shape index (κ1) is 14.3. The lowest BCUT2D eigenvalue weighted by Crippen LogP contribution is -2.41. The number of nitrogens with one attached hydrogen (secondary N) is 2. The predicted octanol–water partition coefficient (Wildman–Crippen LogP) is 2.16. The number of carbonyl (C=O) groups excluding carboxylic acids is 1. The van der Waals surface area contributed by atoms with Crippen LogP contribution < -0.4 is 15.4 Å². The molecule has 1 rings (SSSR count). The number of hydrogen-bond donors (Lipinski definition) is 2. The van der Waals surface area contributed by atoms with E-state index in [1.54, 1.807) is 13.0 Å². The van der Waals surface area contributed by atoms with Gasteiger partial charge in [-0.1, -0.05) is 0 Å². The Kier molecular flexibility index (Phi) is 4.95. The van der Waals surface area contributed by atoms with Crippen LogP contribution in [0.3, 0.4) is 0 Å². The number of methoxy groups -OCH3 is 1. The summed E-state index contributed by atoms with van der Waals surface area (Å²) in [6, 6.07) is 3.80. The van der Waals surface area contributed by atoms with Gasteiger partial charge in [-0.3, -0.25) is 4.79 Å². The Hall–Kier alpha value is -1.78. The molecule has 0 heterocycles. The number of anilines is 1. The Morgan fingerprint density at radius 1 is 1.33 bits per heavy atom. The smallest absolute Gasteiger partial charge is 0.242 e. The predicted molar refractivity (Wildman–Crippen MR) is 69.3 cm³/mol. The van der Waals surface area contributed by atoms with Gasteiger partial charge in [-0.05, 0) is 32.9 Å². The average molecular weight is 254 g/mol. The summed E-state index contributed by atoms with van der Waals surface area (Å²) in [7, 11) is 1.46. The Balaban J connectivity index is 2.75. The van der Waals surface area contributed by atoms with E-state index in [2.05, 4.69) is 10.6 Å². The largest absolute Gasteiger partial charge is 0.494 e. The summed E-state index contributed by atoms with van der Waals surface area (Å²) >= 11 is 0. The highest BCUT2D eigenvalue weighted by molar-refractivity contribution is 5.84. The molecule has 0 aromatic heterocycles. The highest BCUT2D eigenvalue weighted by Crippen LogP contribution is 2.25. The first-order valence-electron chi connectivity index (χ1n) is 5.84. The van der Waals surface area contributed by atoms with Crippen LogP contribution in [0.2, 0.25) is 0 Å². The van der Waals surface area contributed by atoms with Gasteiger partial charge in [-0.15, -0.1) is 0 Å². The molecular weight excluding hydrogens is 235 g/mol. The van der Waals surface area contributed by atoms with Crippen molar-refractivity contribution in [3.63, 3.8) is 0 Å². The van der Waals surface area contributed by atoms with Crippen LogP contribution in [-0.4, -0.2) is 25.1 Å². The van der Waals surface area contributed by atoms with E-state index in [9.17, 15) is 9.18 Å². The molecule has 0 fully saturated rings. The number of amides is 1. The normalized spacial score (nSPS) is 12.1. The monoisotopic (exact) mass is 254 g/mol. The lowest BCUT2D eigenvalue weighted by Gasteiger charge is -2.18. The molecule has 18 heavy (non-hydrogen) atoms. The van der Waals surface area contributed by atoms with E-state index in [1.807, 2.05) is 13.8 Å². The lowest BCUT2D eigenvalue weighted by atomic mass is 10.2. The number of ether oxygens (including phenoxy) is 1. The Morgan fingerprint density at radius 3 is 2.56 bits per heavy atom. The zero-order valence-corrected chi connectivity index (χ0v) is 11.1. The van der Waals surface area contributed by atoms with E-state index in [0.717, 1.165) is 0 Å². The summed E-state index contributed by atoms with van der Waals surface area (Å²) in [5, 5.41) is 5.79. The maximum atomic E-state index is 13.0. The van der Waals surface area contributed by atoms with Gasteiger partial charge in [0.2, 0.25) is 5.91 Å². The molecule has 100 valence electrons. The Morgan fingerprint density at radius 2 is 2.00 bits per heavy atom. The van der Waals surface area contributed by atoms with E-state index in [0.29, 0.717) is 11.4 Å². The van der Waals surface area contributed by atoms with Gasteiger partial charge in [0, 0.05) is 12.1 Å². The first-order chi connectivity index (χ1) is 8.43. The fourth-order valence-corrected chi connectivity index (χ4v) is 1.49. The van der Waals surface area contributed by atoms with Crippen LogP contribution in [0.25, 0.3) is 0 Å². The molecule has 0 bridgehead atoms. The molecule has 0 saturated heterocycles. The summed E-state index contributed by atoms with van der Waals surface area (Å²) in [4.78, 5) is 11.7. The van der Waals surface area contributed by atoms with E-state index < -0.39 is 6.04 Å². The topological polar surface area (TPSA) is 50.4 Å². The van der Waals surface area contributed by atoms with E-state index in [-0.39, 0.29) is 17.8 Å². The minimum absolute atomic E-state index is 0.0804. The molecule has 0 radical (unpaired) electrons. The molecule has 1 amide bonds. The second kappa shape index (κ2) is 6.23. The summed E-state index contributed by atoms with van der Waals surface area (Å²) in [5.41, 5.74) is 0.588. The van der Waals surface area contributed by atoms with E-state index >= 15 is 0 Å². The van der Waals surface area contributed by atoms with Crippen molar-refractivity contribution < 1.29 is 13.9 Å². The van der Waals surface area contributed by atoms with Crippen LogP contribution >= 0.6 is 0 Å². The minimum Gasteiger partial charge on any atom is -0.494 e. The fraction of sp³-hybridized carbons (Fsp3) is 0.462. The van der Waals surface area contributed by atoms with Crippen molar-refractivity contribution >= 4 is 11.6 Å². The quantitative estimate of drug-likeness (QED) is 0.846. The molecule has 0 aliphatic rings. The van der Waals surface area contributed by atoms with Crippen molar-refractivity contribution in [3.05, 3.63) is 24.0 Å². The molecule has 1 aromatic rings. The van der Waals surface area contributed by atoms with Gasteiger partial charge < -0.3 is 15.4 Å². The molecule has 2 N–H and O–H groups in total. The van der Waals surface area contributed by atoms with E-state index in [1.165, 1.54) is 19.2 Å². The van der Waals surface area contributed by atoms with E-state index in [4.69, 9.17) is 4.74 Å². The zero-order chi connectivity index (χ0) is 13.7. The van der Waals surface area contributed by atoms with Crippen LogP contribution in [0, 0.1) is 5.82 Å². The molecular formula is C13H19FN2O2. The van der Waals surface area contributed by atoms with Crippen molar-refractivity contribution in [3.8, 4) is 5.75 Å². The van der Waals surface area contributed by atoms with Gasteiger partial charge in [0.15, 0.2) is 0 Å². The maximum absolute atomic E-state index is 13.0. The Bertz CT molecular complexity index is 421. The fourth-order valence-electron chi connectivity index (χ4n) is 1.49. The van der Waals surface area contributed by atoms with Gasteiger partial charge in [-0.25, -0.2) is 4.39 Å². The Labute approximate surface area is 107 Å². The zero-order valence-electron chi connectivity index (χ0n) is 11.1. The summed E-state index contributed by atoms with van der Waals surface area (Å²) < 4.78 is 18.1. The molecule has 1 unspecified atom stereocenters. The molecule has 1 aromatic carbocycles.